The SMILES string of the molecule is COc1ccc2c(c1)[C@]1(O[C@@H](CC(=O)N(CCO)Cc3ccccc3)[C@H]([Si](C)(C)F)[C@H]1C)C(=O)N2Cc1cccc(N2CCCCC2=O)c1. The fourth-order valence-electron chi connectivity index (χ4n) is 8.11. The van der Waals surface area contributed by atoms with Gasteiger partial charge in [-0.2, -0.15) is 0 Å². The summed E-state index contributed by atoms with van der Waals surface area (Å²) in [5, 5.41) is 9.80. The van der Waals surface area contributed by atoms with E-state index in [9.17, 15) is 19.5 Å². The molecule has 2 saturated heterocycles. The highest BCUT2D eigenvalue weighted by Gasteiger charge is 2.67. The third-order valence-corrected chi connectivity index (χ3v) is 12.8. The second-order valence-corrected chi connectivity index (χ2v) is 17.7. The van der Waals surface area contributed by atoms with Crippen molar-refractivity contribution in [3.8, 4) is 5.75 Å². The molecule has 3 aliphatic heterocycles. The molecule has 0 aromatic heterocycles. The average Bonchev–Trinajstić information content (AvgIpc) is 3.51. The first-order chi connectivity index (χ1) is 23.5. The predicted molar refractivity (Wildman–Crippen MR) is 188 cm³/mol. The zero-order chi connectivity index (χ0) is 34.9. The van der Waals surface area contributed by atoms with Gasteiger partial charge in [-0.3, -0.25) is 14.4 Å². The van der Waals surface area contributed by atoms with Gasteiger partial charge in [-0.15, -0.1) is 0 Å². The molecule has 0 bridgehead atoms. The van der Waals surface area contributed by atoms with E-state index < -0.39 is 31.6 Å². The molecule has 0 radical (unpaired) electrons. The molecular weight excluding hydrogens is 642 g/mol. The average molecular weight is 688 g/mol. The van der Waals surface area contributed by atoms with Gasteiger partial charge in [0.15, 0.2) is 5.60 Å². The Labute approximate surface area is 288 Å². The molecule has 0 unspecified atom stereocenters. The van der Waals surface area contributed by atoms with Gasteiger partial charge >= 0.3 is 0 Å². The number of benzene rings is 3. The molecular formula is C38H46FN3O6Si. The van der Waals surface area contributed by atoms with Crippen molar-refractivity contribution in [1.29, 1.82) is 0 Å². The summed E-state index contributed by atoms with van der Waals surface area (Å²) < 4.78 is 28.9. The number of carbonyl (C=O) groups excluding carboxylic acids is 3. The largest absolute Gasteiger partial charge is 0.497 e. The van der Waals surface area contributed by atoms with Crippen molar-refractivity contribution in [2.24, 2.45) is 5.92 Å². The van der Waals surface area contributed by atoms with Gasteiger partial charge < -0.3 is 33.4 Å². The van der Waals surface area contributed by atoms with Crippen molar-refractivity contribution in [2.75, 3.05) is 36.6 Å². The molecule has 3 heterocycles. The molecule has 1 spiro atoms. The second kappa shape index (κ2) is 14.0. The van der Waals surface area contributed by atoms with E-state index in [0.29, 0.717) is 36.5 Å². The Balaban J connectivity index is 1.34. The van der Waals surface area contributed by atoms with Crippen molar-refractivity contribution >= 4 is 37.5 Å². The van der Waals surface area contributed by atoms with Crippen LogP contribution in [0.2, 0.25) is 18.6 Å². The summed E-state index contributed by atoms with van der Waals surface area (Å²) in [6, 6.07) is 22.6. The standard InChI is InChI=1S/C38H46FN3O6Si/c1-26-36(49(3,4)39)33(23-35(45)40(19-20-43)24-27-11-6-5-7-12-27)48-38(26)31-22-30(47-2)16-17-32(31)42(37(38)46)25-28-13-10-14-29(21-28)41-18-9-8-15-34(41)44/h5-7,10-14,16-17,21-22,26,33,36,43H,8-9,15,18-20,23-25H2,1-4H3/t26-,33+,36-,38+/m1/s1. The first-order valence-electron chi connectivity index (χ1n) is 17.2. The van der Waals surface area contributed by atoms with Crippen LogP contribution < -0.4 is 14.5 Å². The summed E-state index contributed by atoms with van der Waals surface area (Å²) in [6.45, 7) is 6.17. The maximum atomic E-state index is 16.4. The van der Waals surface area contributed by atoms with Crippen molar-refractivity contribution in [1.82, 2.24) is 4.90 Å². The minimum Gasteiger partial charge on any atom is -0.497 e. The number of hydrogen-bond acceptors (Lipinski definition) is 6. The quantitative estimate of drug-likeness (QED) is 0.198. The van der Waals surface area contributed by atoms with Gasteiger partial charge in [0.1, 0.15) is 5.75 Å². The number of hydrogen-bond donors (Lipinski definition) is 1. The first-order valence-corrected chi connectivity index (χ1v) is 20.1. The highest BCUT2D eigenvalue weighted by molar-refractivity contribution is 6.72. The smallest absolute Gasteiger partial charge is 0.264 e. The Hall–Kier alpha value is -4.06. The zero-order valence-electron chi connectivity index (χ0n) is 28.7. The van der Waals surface area contributed by atoms with Crippen molar-refractivity contribution in [3.63, 3.8) is 0 Å². The number of nitrogens with zero attached hydrogens (tertiary/aromatic N) is 3. The number of methoxy groups -OCH3 is 1. The number of carbonyl (C=O) groups is 3. The molecule has 0 saturated carbocycles. The van der Waals surface area contributed by atoms with Gasteiger partial charge in [0.2, 0.25) is 20.2 Å². The number of rotatable bonds is 11. The van der Waals surface area contributed by atoms with E-state index in [1.165, 1.54) is 0 Å². The number of ether oxygens (including phenoxy) is 2. The van der Waals surface area contributed by atoms with E-state index in [1.807, 2.05) is 67.6 Å². The molecule has 11 heteroatoms. The lowest BCUT2D eigenvalue weighted by Crippen LogP contribution is -2.45. The molecule has 2 fully saturated rings. The zero-order valence-corrected chi connectivity index (χ0v) is 29.7. The maximum Gasteiger partial charge on any atom is 0.264 e. The first kappa shape index (κ1) is 34.8. The van der Waals surface area contributed by atoms with E-state index >= 15 is 4.11 Å². The molecule has 49 heavy (non-hydrogen) atoms. The Morgan fingerprint density at radius 2 is 1.82 bits per heavy atom. The number of aliphatic hydroxyl groups excluding tert-OH is 1. The van der Waals surface area contributed by atoms with Crippen LogP contribution in [0.15, 0.2) is 72.8 Å². The molecule has 260 valence electrons. The molecule has 4 atom stereocenters. The van der Waals surface area contributed by atoms with Gasteiger partial charge in [-0.05, 0) is 67.4 Å². The van der Waals surface area contributed by atoms with E-state index in [1.54, 1.807) is 47.0 Å². The summed E-state index contributed by atoms with van der Waals surface area (Å²) in [5.41, 5.74) is 1.61. The molecule has 1 N–H and O–H groups in total. The highest BCUT2D eigenvalue weighted by atomic mass is 28.4. The van der Waals surface area contributed by atoms with Crippen LogP contribution >= 0.6 is 0 Å². The molecule has 6 rings (SSSR count). The molecule has 3 amide bonds. The summed E-state index contributed by atoms with van der Waals surface area (Å²) in [5.74, 6) is -0.529. The molecule has 3 aromatic carbocycles. The number of piperidine rings is 1. The fourth-order valence-corrected chi connectivity index (χ4v) is 10.6. The van der Waals surface area contributed by atoms with Crippen LogP contribution in [0.1, 0.15) is 49.3 Å². The van der Waals surface area contributed by atoms with Crippen LogP contribution in [0, 0.1) is 5.92 Å². The van der Waals surface area contributed by atoms with Gasteiger partial charge in [0.05, 0.1) is 38.5 Å². The Morgan fingerprint density at radius 3 is 2.51 bits per heavy atom. The van der Waals surface area contributed by atoms with Crippen molar-refractivity contribution < 1.29 is 33.1 Å². The summed E-state index contributed by atoms with van der Waals surface area (Å²) in [6.07, 6.45) is 1.36. The van der Waals surface area contributed by atoms with E-state index in [0.717, 1.165) is 29.7 Å². The van der Waals surface area contributed by atoms with Crippen LogP contribution in [0.5, 0.6) is 5.75 Å². The van der Waals surface area contributed by atoms with Gasteiger partial charge in [-0.1, -0.05) is 49.4 Å². The van der Waals surface area contributed by atoms with Crippen LogP contribution in [-0.2, 0) is 37.8 Å². The minimum atomic E-state index is -3.52. The summed E-state index contributed by atoms with van der Waals surface area (Å²) in [7, 11) is -1.97. The van der Waals surface area contributed by atoms with Gasteiger partial charge in [0.25, 0.3) is 5.91 Å². The third kappa shape index (κ3) is 6.63. The molecule has 0 aliphatic carbocycles. The lowest BCUT2D eigenvalue weighted by molar-refractivity contribution is -0.150. The van der Waals surface area contributed by atoms with Crippen LogP contribution in [0.25, 0.3) is 0 Å². The highest BCUT2D eigenvalue weighted by Crippen LogP contribution is 2.60. The van der Waals surface area contributed by atoms with Crippen LogP contribution in [-0.4, -0.2) is 69.0 Å². The van der Waals surface area contributed by atoms with Crippen molar-refractivity contribution in [2.45, 2.75) is 76.0 Å². The number of amides is 3. The van der Waals surface area contributed by atoms with Gasteiger partial charge in [0, 0.05) is 48.8 Å². The lowest BCUT2D eigenvalue weighted by atomic mass is 9.82. The molecule has 9 nitrogen and oxygen atoms in total. The van der Waals surface area contributed by atoms with Gasteiger partial charge in [-0.25, -0.2) is 0 Å². The Morgan fingerprint density at radius 1 is 1.06 bits per heavy atom. The number of anilines is 2. The number of halogens is 1. The van der Waals surface area contributed by atoms with E-state index in [4.69, 9.17) is 9.47 Å². The monoisotopic (exact) mass is 687 g/mol. The van der Waals surface area contributed by atoms with E-state index in [-0.39, 0.29) is 43.8 Å². The lowest BCUT2D eigenvalue weighted by Gasteiger charge is -2.31. The summed E-state index contributed by atoms with van der Waals surface area (Å²) in [4.78, 5) is 46.5. The molecule has 3 aromatic rings. The third-order valence-electron chi connectivity index (χ3n) is 10.4. The Kier molecular flexibility index (Phi) is 9.97. The van der Waals surface area contributed by atoms with Crippen LogP contribution in [0.3, 0.4) is 0 Å². The van der Waals surface area contributed by atoms with Crippen molar-refractivity contribution in [3.05, 3.63) is 89.5 Å². The second-order valence-electron chi connectivity index (χ2n) is 13.9. The number of aliphatic hydroxyl groups is 1. The molecule has 3 aliphatic rings. The van der Waals surface area contributed by atoms with Crippen LogP contribution in [0.4, 0.5) is 15.5 Å². The maximum absolute atomic E-state index is 16.4. The summed E-state index contributed by atoms with van der Waals surface area (Å²) >= 11 is 0. The Bertz CT molecular complexity index is 1700. The topological polar surface area (TPSA) is 99.6 Å². The minimum absolute atomic E-state index is 0.0937. The van der Waals surface area contributed by atoms with E-state index in [2.05, 4.69) is 0 Å². The predicted octanol–water partition coefficient (Wildman–Crippen LogP) is 5.95. The number of fused-ring (bicyclic) bond motifs is 2. The normalized spacial score (nSPS) is 23.7. The fraction of sp³-hybridized carbons (Fsp3) is 0.447.